The standard InChI is InChI=1S/C58H40N2/c1-38(59)46-25-11-12-26-47(46)39-31-33-44(34-32-39)60(43-22-9-4-10-23-43)45-24-15-21-42(37-45)48-35-36-53-56-49(48)29-16-30-52(56)57-54(40-17-5-2-6-18-40)50-27-13-14-28-51(50)55(58(53)57)41-19-7-3-8-20-41/h2-37,59H,1H3. The van der Waals surface area contributed by atoms with Crippen LogP contribution in [-0.2, 0) is 0 Å². The van der Waals surface area contributed by atoms with Gasteiger partial charge in [0.25, 0.3) is 0 Å². The zero-order valence-electron chi connectivity index (χ0n) is 33.2. The molecule has 0 spiro atoms. The van der Waals surface area contributed by atoms with Gasteiger partial charge in [0.15, 0.2) is 0 Å². The monoisotopic (exact) mass is 764 g/mol. The molecule has 10 aromatic rings. The minimum atomic E-state index is 0.561. The van der Waals surface area contributed by atoms with Gasteiger partial charge in [-0.3, -0.25) is 0 Å². The summed E-state index contributed by atoms with van der Waals surface area (Å²) in [5.41, 5.74) is 19.5. The second kappa shape index (κ2) is 14.5. The number of hydrogen-bond donors (Lipinski definition) is 1. The molecule has 0 unspecified atom stereocenters. The molecular formula is C58H40N2. The van der Waals surface area contributed by atoms with Crippen LogP contribution >= 0.6 is 0 Å². The molecule has 0 saturated heterocycles. The quantitative estimate of drug-likeness (QED) is 0.153. The molecular weight excluding hydrogens is 725 g/mol. The maximum Gasteiger partial charge on any atom is 0.0467 e. The van der Waals surface area contributed by atoms with Gasteiger partial charge >= 0.3 is 0 Å². The first-order valence-corrected chi connectivity index (χ1v) is 20.6. The summed E-state index contributed by atoms with van der Waals surface area (Å²) in [5, 5.41) is 13.5. The van der Waals surface area contributed by atoms with Crippen molar-refractivity contribution in [3.63, 3.8) is 0 Å². The average molecular weight is 765 g/mol. The number of benzene rings is 10. The SMILES string of the molecule is CC(=N)c1ccccc1-c1ccc(N(c2ccccc2)c2cccc(-c3ccc4c5c(cccc35)-c3c-4c(-c4ccccc4)c4ccccc4c3-c3ccccc3)c2)cc1. The molecule has 0 bridgehead atoms. The predicted molar refractivity (Wildman–Crippen MR) is 255 cm³/mol. The largest absolute Gasteiger partial charge is 0.310 e. The second-order valence-electron chi connectivity index (χ2n) is 15.6. The van der Waals surface area contributed by atoms with Gasteiger partial charge in [-0.1, -0.05) is 182 Å². The van der Waals surface area contributed by atoms with Crippen LogP contribution in [0.4, 0.5) is 17.1 Å². The van der Waals surface area contributed by atoms with Crippen LogP contribution in [-0.4, -0.2) is 5.71 Å². The van der Waals surface area contributed by atoms with Gasteiger partial charge in [-0.05, 0) is 132 Å². The Morgan fingerprint density at radius 3 is 1.45 bits per heavy atom. The normalized spacial score (nSPS) is 11.5. The van der Waals surface area contributed by atoms with E-state index in [0.29, 0.717) is 5.71 Å². The summed E-state index contributed by atoms with van der Waals surface area (Å²) in [7, 11) is 0. The van der Waals surface area contributed by atoms with Gasteiger partial charge in [-0.15, -0.1) is 0 Å². The lowest BCUT2D eigenvalue weighted by molar-refractivity contribution is 1.28. The third-order valence-electron chi connectivity index (χ3n) is 12.1. The van der Waals surface area contributed by atoms with Crippen LogP contribution in [0.25, 0.3) is 88.3 Å². The molecule has 0 heterocycles. The number of nitrogens with zero attached hydrogens (tertiary/aromatic N) is 1. The fraction of sp³-hybridized carbons (Fsp3) is 0.0172. The van der Waals surface area contributed by atoms with E-state index in [0.717, 1.165) is 39.3 Å². The summed E-state index contributed by atoms with van der Waals surface area (Å²) in [5.74, 6) is 0. The van der Waals surface area contributed by atoms with E-state index >= 15 is 0 Å². The minimum Gasteiger partial charge on any atom is -0.310 e. The highest BCUT2D eigenvalue weighted by atomic mass is 15.1. The fourth-order valence-electron chi connectivity index (χ4n) is 9.55. The third-order valence-corrected chi connectivity index (χ3v) is 12.1. The summed E-state index contributed by atoms with van der Waals surface area (Å²) in [6.07, 6.45) is 0. The molecule has 0 fully saturated rings. The van der Waals surface area contributed by atoms with E-state index in [1.54, 1.807) is 0 Å². The lowest BCUT2D eigenvalue weighted by Gasteiger charge is -2.26. The molecule has 2 nitrogen and oxygen atoms in total. The number of hydrogen-bond acceptors (Lipinski definition) is 2. The smallest absolute Gasteiger partial charge is 0.0467 e. The van der Waals surface area contributed by atoms with Crippen molar-refractivity contribution in [1.82, 2.24) is 0 Å². The number of anilines is 3. The fourth-order valence-corrected chi connectivity index (χ4v) is 9.55. The van der Waals surface area contributed by atoms with Crippen molar-refractivity contribution in [1.29, 1.82) is 5.41 Å². The van der Waals surface area contributed by atoms with Crippen LogP contribution in [0, 0.1) is 5.41 Å². The Hall–Kier alpha value is -7.81. The van der Waals surface area contributed by atoms with Crippen LogP contribution in [0.15, 0.2) is 218 Å². The van der Waals surface area contributed by atoms with Crippen LogP contribution in [0.3, 0.4) is 0 Å². The summed E-state index contributed by atoms with van der Waals surface area (Å²) in [6.45, 7) is 1.85. The maximum atomic E-state index is 8.38. The highest BCUT2D eigenvalue weighted by Crippen LogP contribution is 2.58. The van der Waals surface area contributed by atoms with Crippen molar-refractivity contribution in [3.05, 3.63) is 224 Å². The van der Waals surface area contributed by atoms with Crippen molar-refractivity contribution in [2.45, 2.75) is 6.92 Å². The highest BCUT2D eigenvalue weighted by molar-refractivity contribution is 6.28. The van der Waals surface area contributed by atoms with E-state index in [-0.39, 0.29) is 0 Å². The third kappa shape index (κ3) is 5.76. The van der Waals surface area contributed by atoms with E-state index in [4.69, 9.17) is 5.41 Å². The van der Waals surface area contributed by atoms with Crippen molar-refractivity contribution in [2.75, 3.05) is 4.90 Å². The van der Waals surface area contributed by atoms with Gasteiger partial charge in [-0.25, -0.2) is 0 Å². The maximum absolute atomic E-state index is 8.38. The van der Waals surface area contributed by atoms with Crippen LogP contribution in [0.2, 0.25) is 0 Å². The van der Waals surface area contributed by atoms with Gasteiger partial charge in [0, 0.05) is 28.3 Å². The summed E-state index contributed by atoms with van der Waals surface area (Å²) in [6, 6.07) is 78.9. The zero-order chi connectivity index (χ0) is 40.2. The molecule has 10 aromatic carbocycles. The van der Waals surface area contributed by atoms with Gasteiger partial charge < -0.3 is 10.3 Å². The van der Waals surface area contributed by atoms with Crippen molar-refractivity contribution < 1.29 is 0 Å². The Balaban J connectivity index is 1.09. The molecule has 0 atom stereocenters. The summed E-state index contributed by atoms with van der Waals surface area (Å²) in [4.78, 5) is 2.33. The number of nitrogens with one attached hydrogen (secondary N) is 1. The van der Waals surface area contributed by atoms with Gasteiger partial charge in [0.1, 0.15) is 0 Å². The molecule has 0 saturated carbocycles. The number of rotatable bonds is 8. The van der Waals surface area contributed by atoms with Gasteiger partial charge in [-0.2, -0.15) is 0 Å². The summed E-state index contributed by atoms with van der Waals surface area (Å²) >= 11 is 0. The van der Waals surface area contributed by atoms with Crippen molar-refractivity contribution >= 4 is 44.3 Å². The zero-order valence-corrected chi connectivity index (χ0v) is 33.2. The van der Waals surface area contributed by atoms with Gasteiger partial charge in [0.2, 0.25) is 0 Å². The molecule has 1 aliphatic carbocycles. The lowest BCUT2D eigenvalue weighted by Crippen LogP contribution is -2.09. The Kier molecular flexibility index (Phi) is 8.57. The first kappa shape index (κ1) is 35.4. The van der Waals surface area contributed by atoms with Crippen molar-refractivity contribution in [3.8, 4) is 66.8 Å². The minimum absolute atomic E-state index is 0.561. The molecule has 60 heavy (non-hydrogen) atoms. The molecule has 0 radical (unpaired) electrons. The highest BCUT2D eigenvalue weighted by Gasteiger charge is 2.31. The van der Waals surface area contributed by atoms with E-state index in [1.165, 1.54) is 71.6 Å². The number of fused-ring (bicyclic) bond motifs is 4. The van der Waals surface area contributed by atoms with E-state index in [9.17, 15) is 0 Å². The van der Waals surface area contributed by atoms with Crippen LogP contribution in [0.5, 0.6) is 0 Å². The Morgan fingerprint density at radius 2 is 0.800 bits per heavy atom. The first-order chi connectivity index (χ1) is 29.6. The molecule has 11 rings (SSSR count). The molecule has 0 aliphatic heterocycles. The number of para-hydroxylation sites is 1. The van der Waals surface area contributed by atoms with E-state index < -0.39 is 0 Å². The predicted octanol–water partition coefficient (Wildman–Crippen LogP) is 16.2. The van der Waals surface area contributed by atoms with Crippen molar-refractivity contribution in [2.24, 2.45) is 0 Å². The summed E-state index contributed by atoms with van der Waals surface area (Å²) < 4.78 is 0. The van der Waals surface area contributed by atoms with Crippen LogP contribution in [0.1, 0.15) is 12.5 Å². The molecule has 0 amide bonds. The van der Waals surface area contributed by atoms with E-state index in [1.807, 2.05) is 25.1 Å². The topological polar surface area (TPSA) is 27.1 Å². The Morgan fingerprint density at radius 1 is 0.333 bits per heavy atom. The lowest BCUT2D eigenvalue weighted by atomic mass is 9.82. The molecule has 1 aliphatic rings. The second-order valence-corrected chi connectivity index (χ2v) is 15.6. The Labute approximate surface area is 350 Å². The Bertz CT molecular complexity index is 3170. The van der Waals surface area contributed by atoms with E-state index in [2.05, 4.69) is 205 Å². The molecule has 282 valence electrons. The molecule has 1 N–H and O–H groups in total. The van der Waals surface area contributed by atoms with Gasteiger partial charge in [0.05, 0.1) is 0 Å². The first-order valence-electron chi connectivity index (χ1n) is 20.6. The molecule has 2 heteroatoms. The molecule has 0 aromatic heterocycles. The van der Waals surface area contributed by atoms with Crippen LogP contribution < -0.4 is 4.90 Å². The average Bonchev–Trinajstić information content (AvgIpc) is 3.64.